The van der Waals surface area contributed by atoms with Gasteiger partial charge in [-0.1, -0.05) is 5.17 Å². The van der Waals surface area contributed by atoms with Crippen LogP contribution in [0.3, 0.4) is 0 Å². The van der Waals surface area contributed by atoms with Gasteiger partial charge < -0.3 is 4.84 Å². The van der Waals surface area contributed by atoms with Crippen LogP contribution in [0.4, 0.5) is 0 Å². The minimum Gasteiger partial charge on any atom is -0.323 e. The van der Waals surface area contributed by atoms with E-state index in [0.29, 0.717) is 10.3 Å². The maximum Gasteiger partial charge on any atom is 0.331 e. The van der Waals surface area contributed by atoms with E-state index in [-0.39, 0.29) is 0 Å². The monoisotopic (exact) mass is 162 g/mol. The molecule has 0 atom stereocenters. The number of nitrogens with zero attached hydrogens (tertiary/aromatic N) is 2. The van der Waals surface area contributed by atoms with Gasteiger partial charge in [0.25, 0.3) is 5.96 Å². The Balaban J connectivity index is 3.93. The summed E-state index contributed by atoms with van der Waals surface area (Å²) in [5.74, 6) is 13.5. The highest BCUT2D eigenvalue weighted by Crippen LogP contribution is 1.83. The van der Waals surface area contributed by atoms with Crippen LogP contribution in [0, 0.1) is 5.41 Å². The number of hydrogen-bond acceptors (Lipinski definition) is 6. The molecule has 64 valence electrons. The molecule has 0 fully saturated rings. The number of rotatable bonds is 0. The molecule has 0 aliphatic heterocycles. The minimum absolute atomic E-state index is 0.350. The average molecular weight is 162 g/mol. The molecule has 0 bridgehead atoms. The van der Waals surface area contributed by atoms with Gasteiger partial charge in [-0.25, -0.2) is 27.4 Å². The summed E-state index contributed by atoms with van der Waals surface area (Å²) in [5, 5.41) is 7.70. The first-order chi connectivity index (χ1) is 4.95. The molecule has 0 aliphatic rings. The predicted molar refractivity (Wildman–Crippen MR) is 35.7 cm³/mol. The van der Waals surface area contributed by atoms with E-state index in [1.807, 2.05) is 0 Å². The van der Waals surface area contributed by atoms with Crippen LogP contribution in [0.15, 0.2) is 0 Å². The Morgan fingerprint density at radius 2 is 1.91 bits per heavy atom. The summed E-state index contributed by atoms with van der Waals surface area (Å²) in [6.07, 6.45) is 0. The van der Waals surface area contributed by atoms with Gasteiger partial charge in [0.1, 0.15) is 0 Å². The summed E-state index contributed by atoms with van der Waals surface area (Å²) in [4.78, 5) is 14.5. The highest BCUT2D eigenvalue weighted by Gasteiger charge is 2.10. The molecule has 0 saturated heterocycles. The predicted octanol–water partition coefficient (Wildman–Crippen LogP) is -2.38. The van der Waals surface area contributed by atoms with E-state index in [0.717, 1.165) is 6.92 Å². The number of nitrogens with one attached hydrogen (secondary N) is 1. The van der Waals surface area contributed by atoms with Crippen LogP contribution in [0.2, 0.25) is 0 Å². The summed E-state index contributed by atoms with van der Waals surface area (Å²) in [5.41, 5.74) is 0. The van der Waals surface area contributed by atoms with Crippen molar-refractivity contribution in [3.63, 3.8) is 0 Å². The largest absolute Gasteiger partial charge is 0.331 e. The van der Waals surface area contributed by atoms with Crippen LogP contribution >= 0.6 is 0 Å². The van der Waals surface area contributed by atoms with Crippen molar-refractivity contribution < 1.29 is 9.63 Å². The smallest absolute Gasteiger partial charge is 0.323 e. The molecule has 0 saturated carbocycles. The number of hydroxylamine groups is 1. The molecule has 0 amide bonds. The van der Waals surface area contributed by atoms with Crippen LogP contribution in [0.1, 0.15) is 6.92 Å². The second-order valence-corrected chi connectivity index (χ2v) is 1.64. The van der Waals surface area contributed by atoms with Crippen molar-refractivity contribution in [2.75, 3.05) is 0 Å². The third-order valence-electron chi connectivity index (χ3n) is 0.680. The molecule has 7 N–H and O–H groups in total. The summed E-state index contributed by atoms with van der Waals surface area (Å²) in [6, 6.07) is 0. The van der Waals surface area contributed by atoms with Crippen LogP contribution in [-0.4, -0.2) is 22.2 Å². The van der Waals surface area contributed by atoms with Gasteiger partial charge in [0.15, 0.2) is 0 Å². The summed E-state index contributed by atoms with van der Waals surface area (Å²) >= 11 is 0. The normalized spacial score (nSPS) is 8.73. The van der Waals surface area contributed by atoms with Crippen LogP contribution in [0.5, 0.6) is 0 Å². The summed E-state index contributed by atoms with van der Waals surface area (Å²) in [6.45, 7) is 1.13. The van der Waals surface area contributed by atoms with Gasteiger partial charge in [-0.3, -0.25) is 5.41 Å². The zero-order valence-corrected chi connectivity index (χ0v) is 5.94. The lowest BCUT2D eigenvalue weighted by Gasteiger charge is -2.20. The second-order valence-electron chi connectivity index (χ2n) is 1.64. The maximum atomic E-state index is 10.2. The topological polar surface area (TPSA) is 135 Å². The van der Waals surface area contributed by atoms with E-state index in [2.05, 4.69) is 4.84 Å². The fourth-order valence-electron chi connectivity index (χ4n) is 0.296. The second kappa shape index (κ2) is 3.71. The Bertz CT molecular complexity index is 167. The van der Waals surface area contributed by atoms with Gasteiger partial charge in [-0.05, 0) is 0 Å². The van der Waals surface area contributed by atoms with Gasteiger partial charge in [0.2, 0.25) is 0 Å². The summed E-state index contributed by atoms with van der Waals surface area (Å²) < 4.78 is 0. The minimum atomic E-state index is -0.667. The first kappa shape index (κ1) is 9.62. The van der Waals surface area contributed by atoms with Crippen molar-refractivity contribution in [2.45, 2.75) is 6.92 Å². The molecule has 0 radical (unpaired) electrons. The molecule has 0 aromatic heterocycles. The molecular weight excluding hydrogens is 152 g/mol. The lowest BCUT2D eigenvalue weighted by atomic mass is 10.8. The Kier molecular flexibility index (Phi) is 3.24. The van der Waals surface area contributed by atoms with E-state index in [1.165, 1.54) is 0 Å². The number of guanidine groups is 1. The maximum absolute atomic E-state index is 10.2. The van der Waals surface area contributed by atoms with E-state index in [4.69, 9.17) is 22.9 Å². The first-order valence-corrected chi connectivity index (χ1v) is 2.56. The van der Waals surface area contributed by atoms with Gasteiger partial charge in [-0.2, -0.15) is 0 Å². The molecule has 0 unspecified atom stereocenters. The third kappa shape index (κ3) is 3.35. The number of hydrogen-bond donors (Lipinski definition) is 4. The zero-order chi connectivity index (χ0) is 9.02. The van der Waals surface area contributed by atoms with Crippen molar-refractivity contribution in [3.05, 3.63) is 0 Å². The molecule has 0 rings (SSSR count). The Morgan fingerprint density at radius 1 is 1.45 bits per heavy atom. The Labute approximate surface area is 62.8 Å². The van der Waals surface area contributed by atoms with Crippen molar-refractivity contribution in [1.82, 2.24) is 10.3 Å². The SMILES string of the molecule is CC(=O)ON(N)C(=N)N(N)N. The zero-order valence-electron chi connectivity index (χ0n) is 5.94. The highest BCUT2D eigenvalue weighted by molar-refractivity contribution is 5.76. The molecule has 8 heteroatoms. The molecule has 0 aromatic carbocycles. The fourth-order valence-corrected chi connectivity index (χ4v) is 0.296. The number of hydrazine groups is 3. The van der Waals surface area contributed by atoms with E-state index in [9.17, 15) is 4.79 Å². The van der Waals surface area contributed by atoms with Crippen LogP contribution in [-0.2, 0) is 9.63 Å². The first-order valence-electron chi connectivity index (χ1n) is 2.56. The lowest BCUT2D eigenvalue weighted by Crippen LogP contribution is -2.54. The third-order valence-corrected chi connectivity index (χ3v) is 0.680. The molecular formula is C3H10N6O2. The quantitative estimate of drug-likeness (QED) is 0.135. The molecule has 8 nitrogen and oxygen atoms in total. The van der Waals surface area contributed by atoms with Crippen molar-refractivity contribution in [3.8, 4) is 0 Å². The van der Waals surface area contributed by atoms with Crippen LogP contribution in [0.25, 0.3) is 0 Å². The van der Waals surface area contributed by atoms with Crippen molar-refractivity contribution >= 4 is 11.9 Å². The number of carbonyl (C=O) groups excluding carboxylic acids is 1. The Hall–Kier alpha value is -1.38. The fraction of sp³-hybridized carbons (Fsp3) is 0.333. The summed E-state index contributed by atoms with van der Waals surface area (Å²) in [7, 11) is 0. The standard InChI is InChI=1S/C3H10N6O2/c1-2(10)11-9(7)3(4)8(5)6/h4H,5-7H2,1H3. The van der Waals surface area contributed by atoms with E-state index < -0.39 is 11.9 Å². The van der Waals surface area contributed by atoms with Crippen LogP contribution < -0.4 is 17.5 Å². The van der Waals surface area contributed by atoms with E-state index >= 15 is 0 Å². The molecule has 0 spiro atoms. The highest BCUT2D eigenvalue weighted by atomic mass is 16.7. The number of carbonyl (C=O) groups is 1. The van der Waals surface area contributed by atoms with Gasteiger partial charge in [0.05, 0.1) is 0 Å². The van der Waals surface area contributed by atoms with Gasteiger partial charge in [-0.15, -0.1) is 0 Å². The molecule has 0 aromatic rings. The molecule has 0 heterocycles. The molecule has 11 heavy (non-hydrogen) atoms. The van der Waals surface area contributed by atoms with Gasteiger partial charge >= 0.3 is 5.97 Å². The lowest BCUT2D eigenvalue weighted by molar-refractivity contribution is -0.172. The Morgan fingerprint density at radius 3 is 2.18 bits per heavy atom. The number of nitrogens with two attached hydrogens (primary N) is 3. The van der Waals surface area contributed by atoms with Gasteiger partial charge in [0, 0.05) is 6.92 Å². The average Bonchev–Trinajstić information content (AvgIpc) is 1.84. The molecule has 0 aliphatic carbocycles. The van der Waals surface area contributed by atoms with E-state index in [1.54, 1.807) is 0 Å². The van der Waals surface area contributed by atoms with Crippen molar-refractivity contribution in [2.24, 2.45) is 17.5 Å². The van der Waals surface area contributed by atoms with Crippen molar-refractivity contribution in [1.29, 1.82) is 5.41 Å².